The molecule has 0 aliphatic carbocycles. The molecular formula is C13H18ClNO3. The van der Waals surface area contributed by atoms with E-state index in [1.807, 2.05) is 6.07 Å². The third-order valence-electron chi connectivity index (χ3n) is 2.88. The SMILES string of the molecule is CONCc1cc2c(c(Cl)c1C(C)C)OCCO2. The molecule has 0 spiro atoms. The number of fused-ring (bicyclic) bond motifs is 1. The molecule has 0 aromatic heterocycles. The number of nitrogens with one attached hydrogen (secondary N) is 1. The van der Waals surface area contributed by atoms with Crippen molar-refractivity contribution in [3.05, 3.63) is 22.2 Å². The van der Waals surface area contributed by atoms with Gasteiger partial charge in [-0.2, -0.15) is 5.48 Å². The van der Waals surface area contributed by atoms with E-state index in [1.165, 1.54) is 0 Å². The number of hydroxylamine groups is 1. The monoisotopic (exact) mass is 271 g/mol. The van der Waals surface area contributed by atoms with E-state index in [2.05, 4.69) is 19.3 Å². The molecule has 0 radical (unpaired) electrons. The van der Waals surface area contributed by atoms with Crippen LogP contribution in [-0.2, 0) is 11.4 Å². The predicted molar refractivity (Wildman–Crippen MR) is 70.4 cm³/mol. The molecule has 1 aromatic rings. The summed E-state index contributed by atoms with van der Waals surface area (Å²) in [5.74, 6) is 1.68. The molecule has 4 nitrogen and oxygen atoms in total. The van der Waals surface area contributed by atoms with Crippen LogP contribution in [-0.4, -0.2) is 20.3 Å². The van der Waals surface area contributed by atoms with Crippen LogP contribution >= 0.6 is 11.6 Å². The minimum absolute atomic E-state index is 0.307. The summed E-state index contributed by atoms with van der Waals surface area (Å²) < 4.78 is 11.2. The average molecular weight is 272 g/mol. The standard InChI is InChI=1S/C13H18ClNO3/c1-8(2)11-9(7-15-16-3)6-10-13(12(11)14)18-5-4-17-10/h6,8,15H,4-5,7H2,1-3H3. The topological polar surface area (TPSA) is 39.7 Å². The molecule has 0 bridgehead atoms. The van der Waals surface area contributed by atoms with Crippen molar-refractivity contribution in [3.8, 4) is 11.5 Å². The minimum atomic E-state index is 0.307. The second-order valence-electron chi connectivity index (χ2n) is 4.47. The summed E-state index contributed by atoms with van der Waals surface area (Å²) >= 11 is 6.43. The Morgan fingerprint density at radius 2 is 2.11 bits per heavy atom. The molecule has 1 aliphatic heterocycles. The van der Waals surface area contributed by atoms with Gasteiger partial charge in [0.2, 0.25) is 0 Å². The molecule has 1 N–H and O–H groups in total. The Balaban J connectivity index is 2.46. The van der Waals surface area contributed by atoms with Crippen LogP contribution in [0.25, 0.3) is 0 Å². The first-order valence-electron chi connectivity index (χ1n) is 6.01. The van der Waals surface area contributed by atoms with Gasteiger partial charge in [0.1, 0.15) is 13.2 Å². The van der Waals surface area contributed by atoms with Crippen molar-refractivity contribution in [1.29, 1.82) is 0 Å². The summed E-state index contributed by atoms with van der Waals surface area (Å²) in [5, 5.41) is 0.648. The molecular weight excluding hydrogens is 254 g/mol. The summed E-state index contributed by atoms with van der Waals surface area (Å²) in [6.07, 6.45) is 0. The van der Waals surface area contributed by atoms with Gasteiger partial charge in [-0.15, -0.1) is 0 Å². The highest BCUT2D eigenvalue weighted by atomic mass is 35.5. The molecule has 18 heavy (non-hydrogen) atoms. The summed E-state index contributed by atoms with van der Waals surface area (Å²) in [6, 6.07) is 1.97. The Labute approximate surface area is 112 Å². The number of ether oxygens (including phenoxy) is 2. The van der Waals surface area contributed by atoms with Crippen molar-refractivity contribution >= 4 is 11.6 Å². The normalized spacial score (nSPS) is 14.1. The van der Waals surface area contributed by atoms with E-state index in [4.69, 9.17) is 25.9 Å². The molecule has 0 saturated heterocycles. The fourth-order valence-electron chi connectivity index (χ4n) is 2.13. The second-order valence-corrected chi connectivity index (χ2v) is 4.85. The lowest BCUT2D eigenvalue weighted by Crippen LogP contribution is -2.18. The quantitative estimate of drug-likeness (QED) is 0.855. The van der Waals surface area contributed by atoms with E-state index in [1.54, 1.807) is 7.11 Å². The number of halogens is 1. The van der Waals surface area contributed by atoms with Crippen LogP contribution in [0.15, 0.2) is 6.07 Å². The first-order chi connectivity index (χ1) is 8.65. The highest BCUT2D eigenvalue weighted by Gasteiger charge is 2.23. The molecule has 1 aliphatic rings. The van der Waals surface area contributed by atoms with Crippen molar-refractivity contribution in [2.24, 2.45) is 0 Å². The largest absolute Gasteiger partial charge is 0.486 e. The van der Waals surface area contributed by atoms with Crippen LogP contribution in [0.4, 0.5) is 0 Å². The Hall–Kier alpha value is -0.970. The van der Waals surface area contributed by atoms with Gasteiger partial charge in [0.05, 0.1) is 12.1 Å². The third kappa shape index (κ3) is 2.55. The molecule has 1 aromatic carbocycles. The summed E-state index contributed by atoms with van der Waals surface area (Å²) in [5.41, 5.74) is 4.98. The van der Waals surface area contributed by atoms with E-state index in [0.29, 0.717) is 42.2 Å². The van der Waals surface area contributed by atoms with Gasteiger partial charge in [0.15, 0.2) is 11.5 Å². The number of hydrogen-bond donors (Lipinski definition) is 1. The van der Waals surface area contributed by atoms with Gasteiger partial charge in [-0.05, 0) is 23.1 Å². The molecule has 2 rings (SSSR count). The summed E-state index contributed by atoms with van der Waals surface area (Å²) in [7, 11) is 1.59. The van der Waals surface area contributed by atoms with E-state index in [0.717, 1.165) is 11.1 Å². The van der Waals surface area contributed by atoms with Crippen LogP contribution in [0.3, 0.4) is 0 Å². The zero-order valence-corrected chi connectivity index (χ0v) is 11.6. The predicted octanol–water partition coefficient (Wildman–Crippen LogP) is 2.89. The van der Waals surface area contributed by atoms with Gasteiger partial charge >= 0.3 is 0 Å². The van der Waals surface area contributed by atoms with E-state index in [-0.39, 0.29) is 0 Å². The van der Waals surface area contributed by atoms with Gasteiger partial charge < -0.3 is 14.3 Å². The molecule has 100 valence electrons. The van der Waals surface area contributed by atoms with Gasteiger partial charge in [-0.25, -0.2) is 0 Å². The summed E-state index contributed by atoms with van der Waals surface area (Å²) in [6.45, 7) is 5.89. The third-order valence-corrected chi connectivity index (χ3v) is 3.26. The Bertz CT molecular complexity index is 435. The maximum Gasteiger partial charge on any atom is 0.180 e. The maximum absolute atomic E-state index is 6.43. The van der Waals surface area contributed by atoms with Gasteiger partial charge in [-0.3, -0.25) is 0 Å². The number of hydrogen-bond acceptors (Lipinski definition) is 4. The van der Waals surface area contributed by atoms with E-state index in [9.17, 15) is 0 Å². The van der Waals surface area contributed by atoms with Crippen molar-refractivity contribution in [1.82, 2.24) is 5.48 Å². The first kappa shape index (κ1) is 13.5. The van der Waals surface area contributed by atoms with Crippen LogP contribution in [0.5, 0.6) is 11.5 Å². The molecule has 0 saturated carbocycles. The summed E-state index contributed by atoms with van der Waals surface area (Å²) in [4.78, 5) is 4.90. The smallest absolute Gasteiger partial charge is 0.180 e. The maximum atomic E-state index is 6.43. The van der Waals surface area contributed by atoms with Crippen LogP contribution < -0.4 is 15.0 Å². The fourth-order valence-corrected chi connectivity index (χ4v) is 2.62. The van der Waals surface area contributed by atoms with Crippen LogP contribution in [0, 0.1) is 0 Å². The molecule has 0 unspecified atom stereocenters. The lowest BCUT2D eigenvalue weighted by molar-refractivity contribution is 0.0863. The molecule has 0 amide bonds. The Kier molecular flexibility index (Phi) is 4.32. The molecule has 5 heteroatoms. The van der Waals surface area contributed by atoms with Crippen LogP contribution in [0.2, 0.25) is 5.02 Å². The van der Waals surface area contributed by atoms with E-state index >= 15 is 0 Å². The Morgan fingerprint density at radius 3 is 2.78 bits per heavy atom. The molecule has 0 fully saturated rings. The van der Waals surface area contributed by atoms with E-state index < -0.39 is 0 Å². The highest BCUT2D eigenvalue weighted by molar-refractivity contribution is 6.33. The van der Waals surface area contributed by atoms with Crippen molar-refractivity contribution in [2.75, 3.05) is 20.3 Å². The van der Waals surface area contributed by atoms with Gasteiger partial charge in [0.25, 0.3) is 0 Å². The number of rotatable bonds is 4. The molecule has 1 heterocycles. The fraction of sp³-hybridized carbons (Fsp3) is 0.538. The average Bonchev–Trinajstić information content (AvgIpc) is 2.36. The zero-order valence-electron chi connectivity index (χ0n) is 10.9. The molecule has 0 atom stereocenters. The van der Waals surface area contributed by atoms with Crippen molar-refractivity contribution < 1.29 is 14.3 Å². The lowest BCUT2D eigenvalue weighted by Gasteiger charge is -2.24. The van der Waals surface area contributed by atoms with Crippen molar-refractivity contribution in [2.45, 2.75) is 26.3 Å². The zero-order chi connectivity index (χ0) is 13.1. The lowest BCUT2D eigenvalue weighted by atomic mass is 9.96. The van der Waals surface area contributed by atoms with Gasteiger partial charge in [-0.1, -0.05) is 25.4 Å². The minimum Gasteiger partial charge on any atom is -0.486 e. The Morgan fingerprint density at radius 1 is 1.39 bits per heavy atom. The highest BCUT2D eigenvalue weighted by Crippen LogP contribution is 2.43. The van der Waals surface area contributed by atoms with Gasteiger partial charge in [0, 0.05) is 6.54 Å². The first-order valence-corrected chi connectivity index (χ1v) is 6.39. The number of benzene rings is 1. The second kappa shape index (κ2) is 5.78. The van der Waals surface area contributed by atoms with Crippen LogP contribution in [0.1, 0.15) is 30.9 Å². The van der Waals surface area contributed by atoms with Crippen molar-refractivity contribution in [3.63, 3.8) is 0 Å².